The van der Waals surface area contributed by atoms with E-state index < -0.39 is 0 Å². The van der Waals surface area contributed by atoms with Gasteiger partial charge in [-0.2, -0.15) is 0 Å². The third kappa shape index (κ3) is 6.58. The topological polar surface area (TPSA) is 84.2 Å². The van der Waals surface area contributed by atoms with Gasteiger partial charge in [0.2, 0.25) is 11.8 Å². The summed E-state index contributed by atoms with van der Waals surface area (Å²) in [6, 6.07) is 7.35. The normalized spacial score (nSPS) is 10.8. The fourth-order valence-corrected chi connectivity index (χ4v) is 1.59. The van der Waals surface area contributed by atoms with Gasteiger partial charge in [-0.25, -0.2) is 0 Å². The molecule has 0 aromatic heterocycles. The van der Waals surface area contributed by atoms with E-state index in [-0.39, 0.29) is 24.3 Å². The molecule has 5 heteroatoms. The molecule has 5 nitrogen and oxygen atoms in total. The largest absolute Gasteiger partial charge is 0.399 e. The van der Waals surface area contributed by atoms with Crippen LogP contribution in [0.1, 0.15) is 25.8 Å². The molecule has 1 rings (SSSR count). The zero-order chi connectivity index (χ0) is 15.0. The van der Waals surface area contributed by atoms with Crippen molar-refractivity contribution in [2.45, 2.75) is 26.3 Å². The van der Waals surface area contributed by atoms with Crippen LogP contribution in [0.25, 0.3) is 6.08 Å². The van der Waals surface area contributed by atoms with Crippen LogP contribution >= 0.6 is 0 Å². The summed E-state index contributed by atoms with van der Waals surface area (Å²) in [5.74, 6) is -0.301. The van der Waals surface area contributed by atoms with Crippen molar-refractivity contribution in [1.82, 2.24) is 10.6 Å². The van der Waals surface area contributed by atoms with E-state index in [1.807, 2.05) is 26.0 Å². The molecule has 0 saturated carbocycles. The lowest BCUT2D eigenvalue weighted by atomic mass is 10.2. The van der Waals surface area contributed by atoms with E-state index >= 15 is 0 Å². The number of carbonyl (C=O) groups is 2. The molecule has 0 heterocycles. The average Bonchev–Trinajstić information content (AvgIpc) is 2.35. The molecule has 0 aliphatic heterocycles. The predicted octanol–water partition coefficient (Wildman–Crippen LogP) is 1.31. The number of hydrogen-bond donors (Lipinski definition) is 3. The van der Waals surface area contributed by atoms with Crippen LogP contribution in [-0.4, -0.2) is 24.4 Å². The van der Waals surface area contributed by atoms with E-state index in [9.17, 15) is 9.59 Å². The molecule has 0 saturated heterocycles. The third-order valence-corrected chi connectivity index (χ3v) is 2.44. The quantitative estimate of drug-likeness (QED) is 0.540. The lowest BCUT2D eigenvalue weighted by Gasteiger charge is -2.08. The Bertz CT molecular complexity index is 496. The van der Waals surface area contributed by atoms with Crippen molar-refractivity contribution in [3.05, 3.63) is 35.9 Å². The van der Waals surface area contributed by atoms with Crippen LogP contribution in [0.15, 0.2) is 30.3 Å². The van der Waals surface area contributed by atoms with Gasteiger partial charge in [-0.15, -0.1) is 0 Å². The zero-order valence-corrected chi connectivity index (χ0v) is 11.8. The molecule has 4 N–H and O–H groups in total. The van der Waals surface area contributed by atoms with Crippen LogP contribution < -0.4 is 16.4 Å². The van der Waals surface area contributed by atoms with Gasteiger partial charge in [0.25, 0.3) is 0 Å². The molecule has 0 radical (unpaired) electrons. The standard InChI is InChI=1S/C15H21N3O2/c1-11(2)18-15(20)8-9-17-14(19)7-6-12-4-3-5-13(16)10-12/h3-7,10-11H,8-9,16H2,1-2H3,(H,17,19)(H,18,20)/b7-6+. The van der Waals surface area contributed by atoms with Crippen molar-refractivity contribution < 1.29 is 9.59 Å². The van der Waals surface area contributed by atoms with Crippen molar-refractivity contribution in [3.8, 4) is 0 Å². The van der Waals surface area contributed by atoms with Gasteiger partial charge in [0.05, 0.1) is 0 Å². The van der Waals surface area contributed by atoms with Crippen LogP contribution in [0.4, 0.5) is 5.69 Å². The molecule has 1 aromatic carbocycles. The Morgan fingerprint density at radius 2 is 2.10 bits per heavy atom. The molecule has 0 unspecified atom stereocenters. The van der Waals surface area contributed by atoms with Crippen LogP contribution in [0, 0.1) is 0 Å². The van der Waals surface area contributed by atoms with Crippen molar-refractivity contribution in [3.63, 3.8) is 0 Å². The molecule has 20 heavy (non-hydrogen) atoms. The maximum Gasteiger partial charge on any atom is 0.244 e. The summed E-state index contributed by atoms with van der Waals surface area (Å²) in [4.78, 5) is 22.9. The highest BCUT2D eigenvalue weighted by atomic mass is 16.2. The number of benzene rings is 1. The molecule has 108 valence electrons. The summed E-state index contributed by atoms with van der Waals surface area (Å²) in [5, 5.41) is 5.41. The molecular weight excluding hydrogens is 254 g/mol. The lowest BCUT2D eigenvalue weighted by Crippen LogP contribution is -2.33. The van der Waals surface area contributed by atoms with Crippen molar-refractivity contribution in [1.29, 1.82) is 0 Å². The number of hydrogen-bond acceptors (Lipinski definition) is 3. The molecule has 0 aliphatic rings. The van der Waals surface area contributed by atoms with Crippen LogP contribution in [0.3, 0.4) is 0 Å². The summed E-state index contributed by atoms with van der Waals surface area (Å²) in [7, 11) is 0. The maximum absolute atomic E-state index is 11.5. The summed E-state index contributed by atoms with van der Waals surface area (Å²) < 4.78 is 0. The molecule has 1 aromatic rings. The number of amides is 2. The lowest BCUT2D eigenvalue weighted by molar-refractivity contribution is -0.121. The first-order valence-electron chi connectivity index (χ1n) is 6.58. The number of nitrogen functional groups attached to an aromatic ring is 1. The fraction of sp³-hybridized carbons (Fsp3) is 0.333. The maximum atomic E-state index is 11.5. The molecule has 0 aliphatic carbocycles. The van der Waals surface area contributed by atoms with Crippen molar-refractivity contribution >= 4 is 23.6 Å². The van der Waals surface area contributed by atoms with E-state index in [4.69, 9.17) is 5.73 Å². The van der Waals surface area contributed by atoms with Crippen LogP contribution in [0.5, 0.6) is 0 Å². The van der Waals surface area contributed by atoms with E-state index in [1.165, 1.54) is 6.08 Å². The van der Waals surface area contributed by atoms with Gasteiger partial charge in [-0.05, 0) is 37.6 Å². The van der Waals surface area contributed by atoms with Crippen LogP contribution in [0.2, 0.25) is 0 Å². The third-order valence-electron chi connectivity index (χ3n) is 2.44. The second-order valence-electron chi connectivity index (χ2n) is 4.77. The van der Waals surface area contributed by atoms with E-state index in [2.05, 4.69) is 10.6 Å². The van der Waals surface area contributed by atoms with Crippen LogP contribution in [-0.2, 0) is 9.59 Å². The Morgan fingerprint density at radius 1 is 1.35 bits per heavy atom. The minimum atomic E-state index is -0.232. The summed E-state index contributed by atoms with van der Waals surface area (Å²) in [6.07, 6.45) is 3.38. The van der Waals surface area contributed by atoms with Crippen molar-refractivity contribution in [2.75, 3.05) is 12.3 Å². The average molecular weight is 275 g/mol. The Balaban J connectivity index is 2.32. The minimum absolute atomic E-state index is 0.0693. The second-order valence-corrected chi connectivity index (χ2v) is 4.77. The smallest absolute Gasteiger partial charge is 0.244 e. The van der Waals surface area contributed by atoms with Gasteiger partial charge < -0.3 is 16.4 Å². The van der Waals surface area contributed by atoms with Gasteiger partial charge in [0.15, 0.2) is 0 Å². The van der Waals surface area contributed by atoms with Gasteiger partial charge in [-0.3, -0.25) is 9.59 Å². The SMILES string of the molecule is CC(C)NC(=O)CCNC(=O)/C=C/c1cccc(N)c1. The Hall–Kier alpha value is -2.30. The zero-order valence-electron chi connectivity index (χ0n) is 11.8. The second kappa shape index (κ2) is 7.99. The first-order chi connectivity index (χ1) is 9.47. The number of rotatable bonds is 6. The minimum Gasteiger partial charge on any atom is -0.399 e. The Labute approximate surface area is 119 Å². The molecule has 0 atom stereocenters. The highest BCUT2D eigenvalue weighted by molar-refractivity contribution is 5.92. The van der Waals surface area contributed by atoms with Crippen molar-refractivity contribution in [2.24, 2.45) is 0 Å². The molecular formula is C15H21N3O2. The number of carbonyl (C=O) groups excluding carboxylic acids is 2. The van der Waals surface area contributed by atoms with Gasteiger partial charge in [0.1, 0.15) is 0 Å². The molecule has 2 amide bonds. The van der Waals surface area contributed by atoms with Gasteiger partial charge in [-0.1, -0.05) is 12.1 Å². The van der Waals surface area contributed by atoms with E-state index in [0.29, 0.717) is 12.2 Å². The monoisotopic (exact) mass is 275 g/mol. The van der Waals surface area contributed by atoms with E-state index in [0.717, 1.165) is 5.56 Å². The molecule has 0 spiro atoms. The van der Waals surface area contributed by atoms with E-state index in [1.54, 1.807) is 18.2 Å². The molecule has 0 fully saturated rings. The highest BCUT2D eigenvalue weighted by Gasteiger charge is 2.03. The number of nitrogens with two attached hydrogens (primary N) is 1. The number of nitrogens with one attached hydrogen (secondary N) is 2. The summed E-state index contributed by atoms with van der Waals surface area (Å²) in [6.45, 7) is 4.11. The summed E-state index contributed by atoms with van der Waals surface area (Å²) in [5.41, 5.74) is 7.15. The van der Waals surface area contributed by atoms with Gasteiger partial charge >= 0.3 is 0 Å². The first-order valence-corrected chi connectivity index (χ1v) is 6.58. The highest BCUT2D eigenvalue weighted by Crippen LogP contribution is 2.07. The fourth-order valence-electron chi connectivity index (χ4n) is 1.59. The molecule has 0 bridgehead atoms. The first kappa shape index (κ1) is 15.8. The Kier molecular flexibility index (Phi) is 6.29. The predicted molar refractivity (Wildman–Crippen MR) is 80.8 cm³/mol. The summed E-state index contributed by atoms with van der Waals surface area (Å²) >= 11 is 0. The Morgan fingerprint density at radius 3 is 2.75 bits per heavy atom. The number of anilines is 1. The van der Waals surface area contributed by atoms with Gasteiger partial charge in [0, 0.05) is 30.8 Å².